The van der Waals surface area contributed by atoms with Gasteiger partial charge in [0.05, 0.1) is 6.61 Å². The van der Waals surface area contributed by atoms with Crippen molar-refractivity contribution in [2.75, 3.05) is 6.61 Å². The molecule has 0 N–H and O–H groups in total. The van der Waals surface area contributed by atoms with E-state index in [4.69, 9.17) is 4.74 Å². The summed E-state index contributed by atoms with van der Waals surface area (Å²) >= 11 is 0. The predicted octanol–water partition coefficient (Wildman–Crippen LogP) is 4.88. The number of carbonyl (C=O) groups is 1. The van der Waals surface area contributed by atoms with E-state index in [9.17, 15) is 13.6 Å². The van der Waals surface area contributed by atoms with Gasteiger partial charge in [0.25, 0.3) is 0 Å². The zero-order chi connectivity index (χ0) is 15.5. The third-order valence-corrected chi connectivity index (χ3v) is 3.10. The van der Waals surface area contributed by atoms with Crippen LogP contribution in [0.25, 0.3) is 6.08 Å². The first-order chi connectivity index (χ1) is 10.1. The van der Waals surface area contributed by atoms with E-state index in [-0.39, 0.29) is 0 Å². The Morgan fingerprint density at radius 3 is 2.52 bits per heavy atom. The van der Waals surface area contributed by atoms with E-state index < -0.39 is 17.6 Å². The van der Waals surface area contributed by atoms with Crippen molar-refractivity contribution in [3.8, 4) is 0 Å². The maximum absolute atomic E-state index is 13.0. The molecule has 0 spiro atoms. The first-order valence-corrected chi connectivity index (χ1v) is 7.43. The van der Waals surface area contributed by atoms with Gasteiger partial charge < -0.3 is 4.74 Å². The summed E-state index contributed by atoms with van der Waals surface area (Å²) in [6.07, 6.45) is 9.39. The molecule has 0 amide bonds. The van der Waals surface area contributed by atoms with Gasteiger partial charge in [0, 0.05) is 6.08 Å². The van der Waals surface area contributed by atoms with Crippen LogP contribution in [-0.4, -0.2) is 12.6 Å². The Morgan fingerprint density at radius 2 is 1.81 bits per heavy atom. The third-order valence-electron chi connectivity index (χ3n) is 3.10. The molecule has 0 atom stereocenters. The maximum Gasteiger partial charge on any atom is 0.330 e. The van der Waals surface area contributed by atoms with Gasteiger partial charge in [-0.1, -0.05) is 45.1 Å². The van der Waals surface area contributed by atoms with Crippen molar-refractivity contribution in [3.05, 3.63) is 41.5 Å². The highest BCUT2D eigenvalue weighted by atomic mass is 19.2. The van der Waals surface area contributed by atoms with Crippen LogP contribution in [0.15, 0.2) is 24.3 Å². The summed E-state index contributed by atoms with van der Waals surface area (Å²) in [5.41, 5.74) is 0.422. The van der Waals surface area contributed by atoms with Crippen LogP contribution in [-0.2, 0) is 9.53 Å². The lowest BCUT2D eigenvalue weighted by molar-refractivity contribution is -0.137. The fourth-order valence-corrected chi connectivity index (χ4v) is 1.88. The van der Waals surface area contributed by atoms with Crippen LogP contribution >= 0.6 is 0 Å². The molecule has 0 aliphatic heterocycles. The topological polar surface area (TPSA) is 26.3 Å². The van der Waals surface area contributed by atoms with Gasteiger partial charge >= 0.3 is 5.97 Å². The normalized spacial score (nSPS) is 11.0. The standard InChI is InChI=1S/C17H22F2O2/c1-2-3-4-5-6-7-12-21-17(20)11-9-14-8-10-15(18)16(19)13-14/h8-11,13H,2-7,12H2,1H3. The zero-order valence-electron chi connectivity index (χ0n) is 12.4. The molecule has 0 bridgehead atoms. The number of hydrogen-bond acceptors (Lipinski definition) is 2. The highest BCUT2D eigenvalue weighted by Gasteiger charge is 2.01. The summed E-state index contributed by atoms with van der Waals surface area (Å²) in [5.74, 6) is -2.30. The van der Waals surface area contributed by atoms with E-state index in [1.807, 2.05) is 0 Å². The molecule has 0 unspecified atom stereocenters. The van der Waals surface area contributed by atoms with Gasteiger partial charge in [-0.05, 0) is 30.2 Å². The molecule has 2 nitrogen and oxygen atoms in total. The van der Waals surface area contributed by atoms with Gasteiger partial charge in [-0.3, -0.25) is 0 Å². The molecule has 1 rings (SSSR count). The smallest absolute Gasteiger partial charge is 0.330 e. The van der Waals surface area contributed by atoms with Crippen LogP contribution in [0.2, 0.25) is 0 Å². The minimum absolute atomic E-state index is 0.396. The van der Waals surface area contributed by atoms with Crippen LogP contribution in [0.3, 0.4) is 0 Å². The second-order valence-corrected chi connectivity index (χ2v) is 4.94. The molecule has 116 valence electrons. The average Bonchev–Trinajstić information content (AvgIpc) is 2.47. The number of carbonyl (C=O) groups excluding carboxylic acids is 1. The zero-order valence-corrected chi connectivity index (χ0v) is 12.4. The fourth-order valence-electron chi connectivity index (χ4n) is 1.88. The lowest BCUT2D eigenvalue weighted by atomic mass is 10.1. The predicted molar refractivity (Wildman–Crippen MR) is 79.7 cm³/mol. The van der Waals surface area contributed by atoms with Gasteiger partial charge in [0.15, 0.2) is 11.6 Å². The van der Waals surface area contributed by atoms with E-state index in [1.54, 1.807) is 0 Å². The van der Waals surface area contributed by atoms with E-state index >= 15 is 0 Å². The molecule has 0 heterocycles. The van der Waals surface area contributed by atoms with Crippen LogP contribution in [0.1, 0.15) is 51.0 Å². The molecule has 0 aliphatic carbocycles. The summed E-state index contributed by atoms with van der Waals surface area (Å²) < 4.78 is 30.7. The molecule has 1 aromatic rings. The molecule has 0 saturated carbocycles. The lowest BCUT2D eigenvalue weighted by Crippen LogP contribution is -2.02. The highest BCUT2D eigenvalue weighted by molar-refractivity contribution is 5.87. The first kappa shape index (κ1) is 17.3. The first-order valence-electron chi connectivity index (χ1n) is 7.43. The summed E-state index contributed by atoms with van der Waals surface area (Å²) in [6, 6.07) is 3.46. The molecule has 1 aromatic carbocycles. The van der Waals surface area contributed by atoms with E-state index in [2.05, 4.69) is 6.92 Å². The largest absolute Gasteiger partial charge is 0.463 e. The Morgan fingerprint density at radius 1 is 1.10 bits per heavy atom. The Bertz CT molecular complexity index is 470. The summed E-state index contributed by atoms with van der Waals surface area (Å²) in [5, 5.41) is 0. The van der Waals surface area contributed by atoms with Gasteiger partial charge in [-0.2, -0.15) is 0 Å². The molecule has 4 heteroatoms. The number of ether oxygens (including phenoxy) is 1. The van der Waals surface area contributed by atoms with Crippen LogP contribution in [0.4, 0.5) is 8.78 Å². The van der Waals surface area contributed by atoms with Crippen molar-refractivity contribution in [3.63, 3.8) is 0 Å². The SMILES string of the molecule is CCCCCCCCOC(=O)C=Cc1ccc(F)c(F)c1. The van der Waals surface area contributed by atoms with Crippen molar-refractivity contribution in [1.29, 1.82) is 0 Å². The average molecular weight is 296 g/mol. The van der Waals surface area contributed by atoms with Gasteiger partial charge in [-0.15, -0.1) is 0 Å². The summed E-state index contributed by atoms with van der Waals surface area (Å²) in [4.78, 5) is 11.4. The second kappa shape index (κ2) is 10.1. The van der Waals surface area contributed by atoms with Crippen LogP contribution in [0.5, 0.6) is 0 Å². The van der Waals surface area contributed by atoms with E-state index in [0.29, 0.717) is 12.2 Å². The molecular weight excluding hydrogens is 274 g/mol. The number of esters is 1. The number of unbranched alkanes of at least 4 members (excludes halogenated alkanes) is 5. The summed E-state index contributed by atoms with van der Waals surface area (Å²) in [7, 11) is 0. The highest BCUT2D eigenvalue weighted by Crippen LogP contribution is 2.10. The van der Waals surface area contributed by atoms with E-state index in [0.717, 1.165) is 31.4 Å². The van der Waals surface area contributed by atoms with Crippen molar-refractivity contribution in [1.82, 2.24) is 0 Å². The van der Waals surface area contributed by atoms with Crippen LogP contribution < -0.4 is 0 Å². The number of rotatable bonds is 9. The minimum Gasteiger partial charge on any atom is -0.463 e. The Hall–Kier alpha value is -1.71. The molecule has 21 heavy (non-hydrogen) atoms. The van der Waals surface area contributed by atoms with Crippen molar-refractivity contribution in [2.24, 2.45) is 0 Å². The van der Waals surface area contributed by atoms with Crippen LogP contribution in [0, 0.1) is 11.6 Å². The lowest BCUT2D eigenvalue weighted by Gasteiger charge is -2.02. The second-order valence-electron chi connectivity index (χ2n) is 4.94. The van der Waals surface area contributed by atoms with Crippen molar-refractivity contribution >= 4 is 12.0 Å². The molecule has 0 saturated heterocycles. The molecule has 0 aliphatic rings. The number of benzene rings is 1. The molecular formula is C17H22F2O2. The summed E-state index contributed by atoms with van der Waals surface area (Å²) in [6.45, 7) is 2.56. The number of hydrogen-bond donors (Lipinski definition) is 0. The Labute approximate surface area is 124 Å². The van der Waals surface area contributed by atoms with Gasteiger partial charge in [-0.25, -0.2) is 13.6 Å². The molecule has 0 fully saturated rings. The van der Waals surface area contributed by atoms with Gasteiger partial charge in [0.2, 0.25) is 0 Å². The van der Waals surface area contributed by atoms with Crippen molar-refractivity contribution < 1.29 is 18.3 Å². The van der Waals surface area contributed by atoms with E-state index in [1.165, 1.54) is 37.5 Å². The number of halogens is 2. The Balaban J connectivity index is 2.21. The maximum atomic E-state index is 13.0. The molecule has 0 aromatic heterocycles. The minimum atomic E-state index is -0.933. The quantitative estimate of drug-likeness (QED) is 0.369. The fraction of sp³-hybridized carbons (Fsp3) is 0.471. The Kier molecular flexibility index (Phi) is 8.32. The monoisotopic (exact) mass is 296 g/mol. The van der Waals surface area contributed by atoms with Crippen molar-refractivity contribution in [2.45, 2.75) is 45.4 Å². The van der Waals surface area contributed by atoms with Gasteiger partial charge in [0.1, 0.15) is 0 Å². The molecule has 0 radical (unpaired) electrons. The third kappa shape index (κ3) is 7.59.